The zero-order chi connectivity index (χ0) is 13.0. The molecule has 1 heterocycles. The predicted molar refractivity (Wildman–Crippen MR) is 71.7 cm³/mol. The number of aryl methyl sites for hydroxylation is 1. The summed E-state index contributed by atoms with van der Waals surface area (Å²) >= 11 is 0. The van der Waals surface area contributed by atoms with Crippen LogP contribution in [0.3, 0.4) is 0 Å². The number of nitrogens with two attached hydrogens (primary N) is 1. The van der Waals surface area contributed by atoms with Gasteiger partial charge in [0.2, 0.25) is 0 Å². The van der Waals surface area contributed by atoms with Crippen molar-refractivity contribution in [2.24, 2.45) is 5.73 Å². The number of para-hydroxylation sites is 1. The summed E-state index contributed by atoms with van der Waals surface area (Å²) in [6, 6.07) is 9.63. The zero-order valence-electron chi connectivity index (χ0n) is 10.8. The molecule has 2 rings (SSSR count). The minimum atomic E-state index is -0.212. The molecule has 3 heteroatoms. The highest BCUT2D eigenvalue weighted by molar-refractivity contribution is 5.40. The van der Waals surface area contributed by atoms with Gasteiger partial charge < -0.3 is 14.9 Å². The van der Waals surface area contributed by atoms with E-state index < -0.39 is 0 Å². The van der Waals surface area contributed by atoms with E-state index in [1.54, 1.807) is 6.26 Å². The van der Waals surface area contributed by atoms with Crippen molar-refractivity contribution in [3.63, 3.8) is 0 Å². The van der Waals surface area contributed by atoms with Gasteiger partial charge in [-0.3, -0.25) is 0 Å². The van der Waals surface area contributed by atoms with Crippen LogP contribution in [0.5, 0.6) is 5.75 Å². The highest BCUT2D eigenvalue weighted by Crippen LogP contribution is 2.29. The number of hydrogen-bond donors (Lipinski definition) is 1. The smallest absolute Gasteiger partial charge is 0.124 e. The van der Waals surface area contributed by atoms with Crippen LogP contribution in [0.1, 0.15) is 36.3 Å². The monoisotopic (exact) mass is 245 g/mol. The van der Waals surface area contributed by atoms with E-state index in [0.29, 0.717) is 6.61 Å². The lowest BCUT2D eigenvalue weighted by Crippen LogP contribution is -2.13. The van der Waals surface area contributed by atoms with Crippen LogP contribution in [0, 0.1) is 6.92 Å². The quantitative estimate of drug-likeness (QED) is 0.878. The lowest BCUT2D eigenvalue weighted by molar-refractivity contribution is 0.313. The largest absolute Gasteiger partial charge is 0.493 e. The van der Waals surface area contributed by atoms with Crippen molar-refractivity contribution in [1.29, 1.82) is 0 Å². The molecule has 0 radical (unpaired) electrons. The molecule has 1 atom stereocenters. The van der Waals surface area contributed by atoms with Gasteiger partial charge in [-0.15, -0.1) is 0 Å². The van der Waals surface area contributed by atoms with Crippen molar-refractivity contribution in [2.45, 2.75) is 26.3 Å². The third kappa shape index (κ3) is 2.74. The Morgan fingerprint density at radius 1 is 1.33 bits per heavy atom. The third-order valence-corrected chi connectivity index (χ3v) is 2.83. The summed E-state index contributed by atoms with van der Waals surface area (Å²) in [6.45, 7) is 4.70. The predicted octanol–water partition coefficient (Wildman–Crippen LogP) is 3.42. The molecule has 18 heavy (non-hydrogen) atoms. The molecule has 1 unspecified atom stereocenters. The van der Waals surface area contributed by atoms with Crippen molar-refractivity contribution in [1.82, 2.24) is 0 Å². The standard InChI is InChI=1S/C15H19NO2/c1-3-8-17-14-7-5-4-6-13(14)15(16)12-9-11(2)18-10-12/h4-7,9-10,15H,3,8,16H2,1-2H3. The van der Waals surface area contributed by atoms with Crippen molar-refractivity contribution in [2.75, 3.05) is 6.61 Å². The van der Waals surface area contributed by atoms with Gasteiger partial charge in [-0.2, -0.15) is 0 Å². The molecule has 0 amide bonds. The molecule has 0 bridgehead atoms. The van der Waals surface area contributed by atoms with E-state index in [-0.39, 0.29) is 6.04 Å². The van der Waals surface area contributed by atoms with Crippen LogP contribution in [0.15, 0.2) is 41.0 Å². The zero-order valence-corrected chi connectivity index (χ0v) is 10.8. The summed E-state index contributed by atoms with van der Waals surface area (Å²) < 4.78 is 11.0. The average molecular weight is 245 g/mol. The molecule has 2 N–H and O–H groups in total. The minimum absolute atomic E-state index is 0.212. The molecule has 96 valence electrons. The SMILES string of the molecule is CCCOc1ccccc1C(N)c1coc(C)c1. The first-order valence-corrected chi connectivity index (χ1v) is 6.24. The van der Waals surface area contributed by atoms with Gasteiger partial charge in [-0.25, -0.2) is 0 Å². The van der Waals surface area contributed by atoms with Crippen molar-refractivity contribution in [3.8, 4) is 5.75 Å². The first kappa shape index (κ1) is 12.7. The Bertz CT molecular complexity index is 505. The molecule has 0 spiro atoms. The summed E-state index contributed by atoms with van der Waals surface area (Å²) in [4.78, 5) is 0. The minimum Gasteiger partial charge on any atom is -0.493 e. The van der Waals surface area contributed by atoms with E-state index in [1.807, 2.05) is 37.3 Å². The van der Waals surface area contributed by atoms with E-state index in [2.05, 4.69) is 6.92 Å². The van der Waals surface area contributed by atoms with Crippen LogP contribution in [0.4, 0.5) is 0 Å². The van der Waals surface area contributed by atoms with Gasteiger partial charge in [-0.05, 0) is 25.5 Å². The maximum absolute atomic E-state index is 6.26. The Hall–Kier alpha value is -1.74. The van der Waals surface area contributed by atoms with Crippen molar-refractivity contribution in [3.05, 3.63) is 53.5 Å². The van der Waals surface area contributed by atoms with Crippen molar-refractivity contribution < 1.29 is 9.15 Å². The van der Waals surface area contributed by atoms with Gasteiger partial charge in [0.1, 0.15) is 11.5 Å². The number of rotatable bonds is 5. The van der Waals surface area contributed by atoms with Crippen LogP contribution in [-0.4, -0.2) is 6.61 Å². The molecule has 1 aromatic heterocycles. The molecule has 0 aliphatic carbocycles. The molecule has 0 fully saturated rings. The fraction of sp³-hybridized carbons (Fsp3) is 0.333. The molecular weight excluding hydrogens is 226 g/mol. The van der Waals surface area contributed by atoms with E-state index in [9.17, 15) is 0 Å². The maximum Gasteiger partial charge on any atom is 0.124 e. The number of furan rings is 1. The molecule has 2 aromatic rings. The van der Waals surface area contributed by atoms with Gasteiger partial charge in [0.05, 0.1) is 18.9 Å². The van der Waals surface area contributed by atoms with E-state index in [1.165, 1.54) is 0 Å². The highest BCUT2D eigenvalue weighted by atomic mass is 16.5. The van der Waals surface area contributed by atoms with Gasteiger partial charge in [0, 0.05) is 11.1 Å². The summed E-state index contributed by atoms with van der Waals surface area (Å²) in [6.07, 6.45) is 2.69. The molecule has 0 saturated heterocycles. The maximum atomic E-state index is 6.26. The normalized spacial score (nSPS) is 12.4. The average Bonchev–Trinajstić information content (AvgIpc) is 2.82. The second kappa shape index (κ2) is 5.74. The molecule has 0 aliphatic rings. The lowest BCUT2D eigenvalue weighted by Gasteiger charge is -2.15. The Kier molecular flexibility index (Phi) is 4.05. The van der Waals surface area contributed by atoms with Crippen molar-refractivity contribution >= 4 is 0 Å². The van der Waals surface area contributed by atoms with Gasteiger partial charge in [0.15, 0.2) is 0 Å². The lowest BCUT2D eigenvalue weighted by atomic mass is 10.0. The summed E-state index contributed by atoms with van der Waals surface area (Å²) in [7, 11) is 0. The first-order chi connectivity index (χ1) is 8.72. The van der Waals surface area contributed by atoms with Crippen LogP contribution in [-0.2, 0) is 0 Å². The topological polar surface area (TPSA) is 48.4 Å². The molecule has 1 aromatic carbocycles. The van der Waals surface area contributed by atoms with E-state index in [0.717, 1.165) is 29.1 Å². The second-order valence-electron chi connectivity index (χ2n) is 4.35. The molecule has 0 aliphatic heterocycles. The van der Waals surface area contributed by atoms with Crippen LogP contribution in [0.25, 0.3) is 0 Å². The second-order valence-corrected chi connectivity index (χ2v) is 4.35. The summed E-state index contributed by atoms with van der Waals surface area (Å²) in [5.41, 5.74) is 8.23. The molecule has 0 saturated carbocycles. The van der Waals surface area contributed by atoms with E-state index in [4.69, 9.17) is 14.9 Å². The fourth-order valence-electron chi connectivity index (χ4n) is 1.89. The number of ether oxygens (including phenoxy) is 1. The van der Waals surface area contributed by atoms with Crippen LogP contribution < -0.4 is 10.5 Å². The Morgan fingerprint density at radius 2 is 2.11 bits per heavy atom. The van der Waals surface area contributed by atoms with Gasteiger partial charge in [-0.1, -0.05) is 25.1 Å². The Labute approximate surface area is 108 Å². The Balaban J connectivity index is 2.26. The summed E-state index contributed by atoms with van der Waals surface area (Å²) in [5.74, 6) is 1.72. The van der Waals surface area contributed by atoms with Crippen LogP contribution in [0.2, 0.25) is 0 Å². The van der Waals surface area contributed by atoms with E-state index >= 15 is 0 Å². The third-order valence-electron chi connectivity index (χ3n) is 2.83. The Morgan fingerprint density at radius 3 is 2.78 bits per heavy atom. The number of benzene rings is 1. The number of hydrogen-bond acceptors (Lipinski definition) is 3. The molecular formula is C15H19NO2. The van der Waals surface area contributed by atoms with Gasteiger partial charge >= 0.3 is 0 Å². The van der Waals surface area contributed by atoms with Crippen LogP contribution >= 0.6 is 0 Å². The summed E-state index contributed by atoms with van der Waals surface area (Å²) in [5, 5.41) is 0. The highest BCUT2D eigenvalue weighted by Gasteiger charge is 2.15. The first-order valence-electron chi connectivity index (χ1n) is 6.24. The molecule has 3 nitrogen and oxygen atoms in total. The van der Waals surface area contributed by atoms with Gasteiger partial charge in [0.25, 0.3) is 0 Å². The fourth-order valence-corrected chi connectivity index (χ4v) is 1.89.